The van der Waals surface area contributed by atoms with E-state index < -0.39 is 0 Å². The lowest BCUT2D eigenvalue weighted by atomic mass is 10.0. The number of aromatic nitrogens is 5. The number of nitrogens with zero attached hydrogens (tertiary/aromatic N) is 5. The second-order valence-electron chi connectivity index (χ2n) is 6.01. The van der Waals surface area contributed by atoms with Crippen LogP contribution in [0, 0.1) is 0 Å². The summed E-state index contributed by atoms with van der Waals surface area (Å²) in [4.78, 5) is 27.7. The Hall–Kier alpha value is -2.81. The normalized spacial score (nSPS) is 16.4. The summed E-state index contributed by atoms with van der Waals surface area (Å²) < 4.78 is 1.78. The van der Waals surface area contributed by atoms with Crippen LogP contribution in [0.5, 0.6) is 0 Å². The molecule has 0 aliphatic carbocycles. The molecule has 0 bridgehead atoms. The van der Waals surface area contributed by atoms with Gasteiger partial charge in [-0.25, -0.2) is 14.8 Å². The number of H-pyrrole nitrogens is 1. The first-order valence-corrected chi connectivity index (χ1v) is 9.47. The third kappa shape index (κ3) is 2.94. The standard InChI is InChI=1S/C17H19N7OS/c1-23-13(5-7-21-23)16-15-12(19-10-20-15)6-8-24(16)17(25)22-14-4-3-11(26-2)9-18-14/h3-5,7,9-10,16H,6,8H2,1-2H3,(H,19,20)(H,18,22,25)/t16-/m1/s1. The molecule has 134 valence electrons. The van der Waals surface area contributed by atoms with Crippen molar-refractivity contribution in [1.82, 2.24) is 29.6 Å². The van der Waals surface area contributed by atoms with Crippen LogP contribution in [-0.2, 0) is 13.5 Å². The summed E-state index contributed by atoms with van der Waals surface area (Å²) in [5.74, 6) is 0.532. The molecule has 4 heterocycles. The summed E-state index contributed by atoms with van der Waals surface area (Å²) >= 11 is 1.61. The summed E-state index contributed by atoms with van der Waals surface area (Å²) in [5.41, 5.74) is 2.84. The van der Waals surface area contributed by atoms with Crippen molar-refractivity contribution in [2.45, 2.75) is 17.4 Å². The number of amides is 2. The van der Waals surface area contributed by atoms with Crippen molar-refractivity contribution in [2.24, 2.45) is 7.05 Å². The van der Waals surface area contributed by atoms with Crippen LogP contribution >= 0.6 is 11.8 Å². The number of aryl methyl sites for hydroxylation is 1. The zero-order valence-electron chi connectivity index (χ0n) is 14.5. The minimum absolute atomic E-state index is 0.200. The molecule has 3 aromatic heterocycles. The van der Waals surface area contributed by atoms with Crippen LogP contribution in [0.25, 0.3) is 0 Å². The first kappa shape index (κ1) is 16.6. The van der Waals surface area contributed by atoms with Crippen LogP contribution in [0.3, 0.4) is 0 Å². The Kier molecular flexibility index (Phi) is 4.37. The molecule has 1 aliphatic rings. The van der Waals surface area contributed by atoms with E-state index in [9.17, 15) is 4.79 Å². The third-order valence-electron chi connectivity index (χ3n) is 4.53. The van der Waals surface area contributed by atoms with Crippen LogP contribution in [0.2, 0.25) is 0 Å². The average Bonchev–Trinajstić information content (AvgIpc) is 3.30. The number of imidazole rings is 1. The number of thioether (sulfide) groups is 1. The second kappa shape index (κ2) is 6.83. The largest absolute Gasteiger partial charge is 0.348 e. The molecule has 0 unspecified atom stereocenters. The Morgan fingerprint density at radius 2 is 2.23 bits per heavy atom. The molecule has 0 saturated heterocycles. The van der Waals surface area contributed by atoms with E-state index in [1.807, 2.05) is 31.5 Å². The first-order chi connectivity index (χ1) is 12.7. The Bertz CT molecular complexity index is 917. The van der Waals surface area contributed by atoms with Crippen LogP contribution in [0.15, 0.2) is 41.8 Å². The minimum Gasteiger partial charge on any atom is -0.348 e. The predicted molar refractivity (Wildman–Crippen MR) is 99.1 cm³/mol. The van der Waals surface area contributed by atoms with Crippen LogP contribution < -0.4 is 5.32 Å². The minimum atomic E-state index is -0.289. The highest BCUT2D eigenvalue weighted by molar-refractivity contribution is 7.98. The molecule has 0 fully saturated rings. The average molecular weight is 369 g/mol. The molecular formula is C17H19N7OS. The highest BCUT2D eigenvalue weighted by Crippen LogP contribution is 2.33. The van der Waals surface area contributed by atoms with E-state index in [0.29, 0.717) is 12.4 Å². The molecule has 0 saturated carbocycles. The van der Waals surface area contributed by atoms with E-state index in [1.54, 1.807) is 40.1 Å². The highest BCUT2D eigenvalue weighted by atomic mass is 32.2. The number of carbonyl (C=O) groups is 1. The van der Waals surface area contributed by atoms with E-state index >= 15 is 0 Å². The summed E-state index contributed by atoms with van der Waals surface area (Å²) in [5, 5.41) is 7.15. The van der Waals surface area contributed by atoms with Gasteiger partial charge in [-0.05, 0) is 24.5 Å². The molecule has 0 aromatic carbocycles. The van der Waals surface area contributed by atoms with Gasteiger partial charge in [0.05, 0.1) is 17.7 Å². The van der Waals surface area contributed by atoms with Crippen LogP contribution in [0.1, 0.15) is 23.1 Å². The molecule has 26 heavy (non-hydrogen) atoms. The molecule has 0 spiro atoms. The second-order valence-corrected chi connectivity index (χ2v) is 6.89. The van der Waals surface area contributed by atoms with Crippen molar-refractivity contribution in [3.63, 3.8) is 0 Å². The molecular weight excluding hydrogens is 350 g/mol. The van der Waals surface area contributed by atoms with E-state index in [2.05, 4.69) is 25.4 Å². The van der Waals surface area contributed by atoms with Gasteiger partial charge in [0.2, 0.25) is 0 Å². The fourth-order valence-corrected chi connectivity index (χ4v) is 3.57. The summed E-state index contributed by atoms with van der Waals surface area (Å²) in [6.07, 6.45) is 7.88. The fraction of sp³-hybridized carbons (Fsp3) is 0.294. The number of anilines is 1. The molecule has 9 heteroatoms. The zero-order chi connectivity index (χ0) is 18.1. The van der Waals surface area contributed by atoms with E-state index in [-0.39, 0.29) is 12.1 Å². The Labute approximate surface area is 155 Å². The van der Waals surface area contributed by atoms with Gasteiger partial charge in [0, 0.05) is 43.0 Å². The van der Waals surface area contributed by atoms with Gasteiger partial charge in [-0.15, -0.1) is 11.8 Å². The predicted octanol–water partition coefficient (Wildman–Crippen LogP) is 2.44. The van der Waals surface area contributed by atoms with Gasteiger partial charge in [0.25, 0.3) is 0 Å². The summed E-state index contributed by atoms with van der Waals surface area (Å²) in [7, 11) is 1.87. The maximum absolute atomic E-state index is 13.0. The van der Waals surface area contributed by atoms with Gasteiger partial charge in [-0.3, -0.25) is 10.00 Å². The Morgan fingerprint density at radius 1 is 1.35 bits per heavy atom. The smallest absolute Gasteiger partial charge is 0.323 e. The molecule has 0 radical (unpaired) electrons. The maximum atomic E-state index is 13.0. The quantitative estimate of drug-likeness (QED) is 0.692. The van der Waals surface area contributed by atoms with Crippen LogP contribution in [0.4, 0.5) is 10.6 Å². The monoisotopic (exact) mass is 369 g/mol. The van der Waals surface area contributed by atoms with Crippen molar-refractivity contribution in [2.75, 3.05) is 18.1 Å². The molecule has 2 amide bonds. The summed E-state index contributed by atoms with van der Waals surface area (Å²) in [6, 6.07) is 5.18. The lowest BCUT2D eigenvalue weighted by molar-refractivity contribution is 0.189. The SMILES string of the molecule is CSc1ccc(NC(=O)N2CCc3[nH]cnc3[C@H]2c2ccnn2C)nc1. The van der Waals surface area contributed by atoms with Crippen molar-refractivity contribution < 1.29 is 4.79 Å². The number of hydrogen-bond acceptors (Lipinski definition) is 5. The van der Waals surface area contributed by atoms with Gasteiger partial charge in [-0.2, -0.15) is 5.10 Å². The van der Waals surface area contributed by atoms with Gasteiger partial charge in [0.1, 0.15) is 11.9 Å². The van der Waals surface area contributed by atoms with Gasteiger partial charge in [-0.1, -0.05) is 0 Å². The number of pyridine rings is 1. The van der Waals surface area contributed by atoms with E-state index in [4.69, 9.17) is 0 Å². The topological polar surface area (TPSA) is 91.7 Å². The zero-order valence-corrected chi connectivity index (χ0v) is 15.3. The molecule has 4 rings (SSSR count). The molecule has 3 aromatic rings. The third-order valence-corrected chi connectivity index (χ3v) is 5.24. The van der Waals surface area contributed by atoms with Crippen molar-refractivity contribution in [3.05, 3.63) is 54.0 Å². The van der Waals surface area contributed by atoms with Crippen LogP contribution in [-0.4, -0.2) is 48.5 Å². The van der Waals surface area contributed by atoms with Crippen molar-refractivity contribution in [3.8, 4) is 0 Å². The lowest BCUT2D eigenvalue weighted by Gasteiger charge is -2.34. The molecule has 1 aliphatic heterocycles. The first-order valence-electron chi connectivity index (χ1n) is 8.25. The lowest BCUT2D eigenvalue weighted by Crippen LogP contribution is -2.43. The number of rotatable bonds is 3. The van der Waals surface area contributed by atoms with Crippen molar-refractivity contribution in [1.29, 1.82) is 0 Å². The highest BCUT2D eigenvalue weighted by Gasteiger charge is 2.35. The van der Waals surface area contributed by atoms with Gasteiger partial charge in [0.15, 0.2) is 0 Å². The number of carbonyl (C=O) groups excluding carboxylic acids is 1. The number of urea groups is 1. The maximum Gasteiger partial charge on any atom is 0.323 e. The number of fused-ring (bicyclic) bond motifs is 1. The fourth-order valence-electron chi connectivity index (χ4n) is 3.20. The number of nitrogens with one attached hydrogen (secondary N) is 2. The molecule has 1 atom stereocenters. The molecule has 2 N–H and O–H groups in total. The van der Waals surface area contributed by atoms with Crippen molar-refractivity contribution >= 4 is 23.6 Å². The summed E-state index contributed by atoms with van der Waals surface area (Å²) in [6.45, 7) is 0.583. The number of aromatic amines is 1. The Morgan fingerprint density at radius 3 is 2.92 bits per heavy atom. The Balaban J connectivity index is 1.63. The van der Waals surface area contributed by atoms with Gasteiger partial charge >= 0.3 is 6.03 Å². The van der Waals surface area contributed by atoms with E-state index in [0.717, 1.165) is 28.4 Å². The van der Waals surface area contributed by atoms with E-state index in [1.165, 1.54) is 0 Å². The van der Waals surface area contributed by atoms with Gasteiger partial charge < -0.3 is 9.88 Å². The number of hydrogen-bond donors (Lipinski definition) is 2. The molecule has 8 nitrogen and oxygen atoms in total.